The fourth-order valence-corrected chi connectivity index (χ4v) is 1.78. The van der Waals surface area contributed by atoms with E-state index in [2.05, 4.69) is 10.3 Å². The van der Waals surface area contributed by atoms with Gasteiger partial charge in [0.2, 0.25) is 0 Å². The minimum atomic E-state index is -0.271. The maximum absolute atomic E-state index is 12.0. The summed E-state index contributed by atoms with van der Waals surface area (Å²) >= 11 is 11.7. The Kier molecular flexibility index (Phi) is 3.84. The Morgan fingerprint density at radius 2 is 2.00 bits per heavy atom. The molecular formula is C13H10Cl2N2O. The van der Waals surface area contributed by atoms with Gasteiger partial charge in [-0.15, -0.1) is 0 Å². The van der Waals surface area contributed by atoms with Gasteiger partial charge in [0.15, 0.2) is 0 Å². The molecule has 0 atom stereocenters. The SMILES string of the molecule is Cc1ccc(Cl)c(C(=O)Nc2ccc(Cl)nc2)c1. The standard InChI is InChI=1S/C13H10Cl2N2O/c1-8-2-4-11(14)10(6-8)13(18)17-9-3-5-12(15)16-7-9/h2-7H,1H3,(H,17,18). The van der Waals surface area contributed by atoms with E-state index in [0.29, 0.717) is 21.4 Å². The van der Waals surface area contributed by atoms with Gasteiger partial charge in [0.25, 0.3) is 5.91 Å². The Bertz CT molecular complexity index is 582. The summed E-state index contributed by atoms with van der Waals surface area (Å²) in [5.74, 6) is -0.271. The second-order valence-corrected chi connectivity index (χ2v) is 4.60. The van der Waals surface area contributed by atoms with Crippen molar-refractivity contribution in [2.75, 3.05) is 5.32 Å². The number of nitrogens with one attached hydrogen (secondary N) is 1. The molecule has 0 radical (unpaired) electrons. The van der Waals surface area contributed by atoms with Crippen LogP contribution in [0.2, 0.25) is 10.2 Å². The van der Waals surface area contributed by atoms with Crippen LogP contribution < -0.4 is 5.32 Å². The van der Waals surface area contributed by atoms with E-state index in [0.717, 1.165) is 5.56 Å². The number of hydrogen-bond donors (Lipinski definition) is 1. The molecule has 3 nitrogen and oxygen atoms in total. The van der Waals surface area contributed by atoms with Gasteiger partial charge in [-0.3, -0.25) is 4.79 Å². The monoisotopic (exact) mass is 280 g/mol. The summed E-state index contributed by atoms with van der Waals surface area (Å²) in [6.45, 7) is 1.90. The molecule has 5 heteroatoms. The number of aromatic nitrogens is 1. The molecule has 0 saturated heterocycles. The Morgan fingerprint density at radius 3 is 2.67 bits per heavy atom. The molecule has 0 saturated carbocycles. The second kappa shape index (κ2) is 5.38. The van der Waals surface area contributed by atoms with Crippen molar-refractivity contribution in [2.24, 2.45) is 0 Å². The highest BCUT2D eigenvalue weighted by atomic mass is 35.5. The van der Waals surface area contributed by atoms with Gasteiger partial charge >= 0.3 is 0 Å². The van der Waals surface area contributed by atoms with Crippen LogP contribution in [0.5, 0.6) is 0 Å². The van der Waals surface area contributed by atoms with Crippen LogP contribution in [0.25, 0.3) is 0 Å². The van der Waals surface area contributed by atoms with Gasteiger partial charge in [0, 0.05) is 0 Å². The van der Waals surface area contributed by atoms with Gasteiger partial charge in [0.1, 0.15) is 5.15 Å². The van der Waals surface area contributed by atoms with Crippen molar-refractivity contribution in [3.05, 3.63) is 57.8 Å². The summed E-state index contributed by atoms with van der Waals surface area (Å²) in [5.41, 5.74) is 1.98. The van der Waals surface area contributed by atoms with Gasteiger partial charge in [-0.05, 0) is 31.2 Å². The molecule has 1 aromatic carbocycles. The molecule has 0 spiro atoms. The van der Waals surface area contributed by atoms with E-state index < -0.39 is 0 Å². The minimum Gasteiger partial charge on any atom is -0.321 e. The largest absolute Gasteiger partial charge is 0.321 e. The van der Waals surface area contributed by atoms with Crippen LogP contribution in [0.4, 0.5) is 5.69 Å². The first-order valence-electron chi connectivity index (χ1n) is 5.25. The third-order valence-electron chi connectivity index (χ3n) is 2.35. The number of rotatable bonds is 2. The molecule has 1 aromatic heterocycles. The van der Waals surface area contributed by atoms with E-state index in [9.17, 15) is 4.79 Å². The Labute approximate surface area is 115 Å². The van der Waals surface area contributed by atoms with Crippen molar-refractivity contribution in [3.63, 3.8) is 0 Å². The van der Waals surface area contributed by atoms with Gasteiger partial charge in [0.05, 0.1) is 22.5 Å². The van der Waals surface area contributed by atoms with E-state index in [1.165, 1.54) is 6.20 Å². The fourth-order valence-electron chi connectivity index (χ4n) is 1.46. The van der Waals surface area contributed by atoms with Crippen LogP contribution in [0.15, 0.2) is 36.5 Å². The van der Waals surface area contributed by atoms with Crippen molar-refractivity contribution in [1.29, 1.82) is 0 Å². The molecule has 0 bridgehead atoms. The average molecular weight is 281 g/mol. The Balaban J connectivity index is 2.21. The lowest BCUT2D eigenvalue weighted by Gasteiger charge is -2.07. The Morgan fingerprint density at radius 1 is 1.22 bits per heavy atom. The minimum absolute atomic E-state index is 0.271. The van der Waals surface area contributed by atoms with Crippen LogP contribution in [-0.4, -0.2) is 10.9 Å². The summed E-state index contributed by atoms with van der Waals surface area (Å²) in [6.07, 6.45) is 1.49. The molecule has 92 valence electrons. The highest BCUT2D eigenvalue weighted by Crippen LogP contribution is 2.19. The van der Waals surface area contributed by atoms with E-state index in [1.807, 2.05) is 13.0 Å². The number of aryl methyl sites for hydroxylation is 1. The number of pyridine rings is 1. The molecule has 0 aliphatic heterocycles. The van der Waals surface area contributed by atoms with Crippen molar-refractivity contribution in [3.8, 4) is 0 Å². The second-order valence-electron chi connectivity index (χ2n) is 3.81. The number of nitrogens with zero attached hydrogens (tertiary/aromatic N) is 1. The number of anilines is 1. The fraction of sp³-hybridized carbons (Fsp3) is 0.0769. The zero-order valence-electron chi connectivity index (χ0n) is 9.58. The normalized spacial score (nSPS) is 10.2. The van der Waals surface area contributed by atoms with E-state index in [4.69, 9.17) is 23.2 Å². The number of amides is 1. The third-order valence-corrected chi connectivity index (χ3v) is 2.90. The zero-order chi connectivity index (χ0) is 13.1. The lowest BCUT2D eigenvalue weighted by atomic mass is 10.1. The molecule has 0 aliphatic carbocycles. The molecule has 0 unspecified atom stereocenters. The molecular weight excluding hydrogens is 271 g/mol. The third kappa shape index (κ3) is 3.00. The van der Waals surface area contributed by atoms with Crippen molar-refractivity contribution in [2.45, 2.75) is 6.92 Å². The van der Waals surface area contributed by atoms with Crippen LogP contribution in [0.1, 0.15) is 15.9 Å². The van der Waals surface area contributed by atoms with Crippen molar-refractivity contribution in [1.82, 2.24) is 4.98 Å². The highest BCUT2D eigenvalue weighted by Gasteiger charge is 2.10. The van der Waals surface area contributed by atoms with Crippen molar-refractivity contribution < 1.29 is 4.79 Å². The number of carbonyl (C=O) groups is 1. The first-order chi connectivity index (χ1) is 8.56. The smallest absolute Gasteiger partial charge is 0.257 e. The molecule has 2 aromatic rings. The molecule has 2 rings (SSSR count). The van der Waals surface area contributed by atoms with Crippen molar-refractivity contribution >= 4 is 34.8 Å². The topological polar surface area (TPSA) is 42.0 Å². The van der Waals surface area contributed by atoms with Crippen LogP contribution >= 0.6 is 23.2 Å². The number of hydrogen-bond acceptors (Lipinski definition) is 2. The first kappa shape index (κ1) is 12.9. The highest BCUT2D eigenvalue weighted by molar-refractivity contribution is 6.34. The van der Waals surface area contributed by atoms with Crippen LogP contribution in [0, 0.1) is 6.92 Å². The Hall–Kier alpha value is -1.58. The van der Waals surface area contributed by atoms with E-state index in [-0.39, 0.29) is 5.91 Å². The number of benzene rings is 1. The van der Waals surface area contributed by atoms with Crippen LogP contribution in [-0.2, 0) is 0 Å². The zero-order valence-corrected chi connectivity index (χ0v) is 11.1. The van der Waals surface area contributed by atoms with Crippen LogP contribution in [0.3, 0.4) is 0 Å². The molecule has 1 N–H and O–H groups in total. The first-order valence-corrected chi connectivity index (χ1v) is 6.01. The van der Waals surface area contributed by atoms with Gasteiger partial charge in [-0.25, -0.2) is 4.98 Å². The van der Waals surface area contributed by atoms with E-state index >= 15 is 0 Å². The molecule has 0 fully saturated rings. The lowest BCUT2D eigenvalue weighted by molar-refractivity contribution is 0.102. The summed E-state index contributed by atoms with van der Waals surface area (Å²) in [7, 11) is 0. The average Bonchev–Trinajstić information content (AvgIpc) is 2.35. The summed E-state index contributed by atoms with van der Waals surface area (Å²) in [5, 5.41) is 3.50. The maximum Gasteiger partial charge on any atom is 0.257 e. The summed E-state index contributed by atoms with van der Waals surface area (Å²) in [6, 6.07) is 8.57. The van der Waals surface area contributed by atoms with Gasteiger partial charge < -0.3 is 5.32 Å². The van der Waals surface area contributed by atoms with Gasteiger partial charge in [-0.1, -0.05) is 34.8 Å². The molecule has 18 heavy (non-hydrogen) atoms. The quantitative estimate of drug-likeness (QED) is 0.847. The summed E-state index contributed by atoms with van der Waals surface area (Å²) < 4.78 is 0. The number of carbonyl (C=O) groups excluding carboxylic acids is 1. The van der Waals surface area contributed by atoms with E-state index in [1.54, 1.807) is 24.3 Å². The predicted molar refractivity (Wildman–Crippen MR) is 73.4 cm³/mol. The lowest BCUT2D eigenvalue weighted by Crippen LogP contribution is -2.12. The van der Waals surface area contributed by atoms with Gasteiger partial charge in [-0.2, -0.15) is 0 Å². The predicted octanol–water partition coefficient (Wildman–Crippen LogP) is 3.95. The summed E-state index contributed by atoms with van der Waals surface area (Å²) in [4.78, 5) is 15.9. The number of halogens is 2. The molecule has 0 aliphatic rings. The molecule has 1 heterocycles. The maximum atomic E-state index is 12.0. The molecule has 1 amide bonds.